The summed E-state index contributed by atoms with van der Waals surface area (Å²) in [6, 6.07) is 5.57. The van der Waals surface area contributed by atoms with Crippen LogP contribution in [0.5, 0.6) is 0 Å². The Labute approximate surface area is 128 Å². The lowest BCUT2D eigenvalue weighted by Gasteiger charge is -2.10. The lowest BCUT2D eigenvalue weighted by Crippen LogP contribution is -2.25. The number of alkyl halides is 2. The maximum atomic E-state index is 12.0. The number of halogens is 3. The zero-order valence-corrected chi connectivity index (χ0v) is 12.4. The summed E-state index contributed by atoms with van der Waals surface area (Å²) in [6.07, 6.45) is 0.251. The predicted octanol–water partition coefficient (Wildman–Crippen LogP) is 2.76. The summed E-state index contributed by atoms with van der Waals surface area (Å²) in [5, 5.41) is 6.17. The fourth-order valence-electron chi connectivity index (χ4n) is 2.04. The zero-order chi connectivity index (χ0) is 15.2. The quantitative estimate of drug-likeness (QED) is 0.724. The largest absolute Gasteiger partial charge is 0.352 e. The van der Waals surface area contributed by atoms with Gasteiger partial charge in [0.2, 0.25) is 5.91 Å². The van der Waals surface area contributed by atoms with Gasteiger partial charge in [0.25, 0.3) is 6.43 Å². The van der Waals surface area contributed by atoms with Crippen LogP contribution in [0, 0.1) is 5.92 Å². The molecule has 2 rings (SSSR count). The minimum absolute atomic E-state index is 0.0788. The molecule has 0 unspecified atom stereocenters. The smallest absolute Gasteiger partial charge is 0.250 e. The van der Waals surface area contributed by atoms with Gasteiger partial charge in [-0.1, -0.05) is 23.7 Å². The van der Waals surface area contributed by atoms with Crippen LogP contribution < -0.4 is 10.6 Å². The van der Waals surface area contributed by atoms with Gasteiger partial charge >= 0.3 is 0 Å². The molecule has 116 valence electrons. The number of carbonyl (C=O) groups excluding carboxylic acids is 1. The van der Waals surface area contributed by atoms with Crippen molar-refractivity contribution in [3.05, 3.63) is 34.3 Å². The Morgan fingerprint density at radius 1 is 1.38 bits per heavy atom. The Morgan fingerprint density at radius 2 is 2.14 bits per heavy atom. The van der Waals surface area contributed by atoms with E-state index in [4.69, 9.17) is 11.6 Å². The summed E-state index contributed by atoms with van der Waals surface area (Å²) in [5.74, 6) is 0.251. The summed E-state index contributed by atoms with van der Waals surface area (Å²) in [7, 11) is 0. The van der Waals surface area contributed by atoms with E-state index in [1.807, 2.05) is 12.1 Å². The second-order valence-electron chi connectivity index (χ2n) is 5.26. The van der Waals surface area contributed by atoms with E-state index in [1.54, 1.807) is 6.07 Å². The van der Waals surface area contributed by atoms with Gasteiger partial charge in [-0.25, -0.2) is 8.78 Å². The number of carbonyl (C=O) groups is 1. The van der Waals surface area contributed by atoms with Crippen molar-refractivity contribution in [2.75, 3.05) is 13.1 Å². The van der Waals surface area contributed by atoms with Gasteiger partial charge in [-0.3, -0.25) is 4.79 Å². The van der Waals surface area contributed by atoms with Crippen molar-refractivity contribution < 1.29 is 13.6 Å². The minimum atomic E-state index is -2.33. The Morgan fingerprint density at radius 3 is 2.81 bits per heavy atom. The van der Waals surface area contributed by atoms with Crippen LogP contribution in [0.25, 0.3) is 0 Å². The Balaban J connectivity index is 1.82. The molecule has 6 heteroatoms. The second-order valence-corrected chi connectivity index (χ2v) is 5.67. The summed E-state index contributed by atoms with van der Waals surface area (Å²) in [4.78, 5) is 11.6. The maximum Gasteiger partial charge on any atom is 0.250 e. The number of hydrogen-bond donors (Lipinski definition) is 2. The molecule has 3 nitrogen and oxygen atoms in total. The third-order valence-corrected chi connectivity index (χ3v) is 3.77. The fraction of sp³-hybridized carbons (Fsp3) is 0.533. The molecular formula is C15H19ClF2N2O. The molecule has 1 amide bonds. The summed E-state index contributed by atoms with van der Waals surface area (Å²) in [6.45, 7) is 0.601. The third-order valence-electron chi connectivity index (χ3n) is 3.40. The molecule has 0 aromatic heterocycles. The lowest BCUT2D eigenvalue weighted by molar-refractivity contribution is -0.122. The van der Waals surface area contributed by atoms with Gasteiger partial charge in [-0.2, -0.15) is 0 Å². The predicted molar refractivity (Wildman–Crippen MR) is 78.6 cm³/mol. The van der Waals surface area contributed by atoms with Gasteiger partial charge in [-0.05, 0) is 43.0 Å². The lowest BCUT2D eigenvalue weighted by atomic mass is 10.1. The van der Waals surface area contributed by atoms with Crippen molar-refractivity contribution in [1.29, 1.82) is 0 Å². The van der Waals surface area contributed by atoms with Crippen molar-refractivity contribution >= 4 is 17.5 Å². The van der Waals surface area contributed by atoms with E-state index in [0.717, 1.165) is 24.0 Å². The van der Waals surface area contributed by atoms with E-state index in [0.29, 0.717) is 24.5 Å². The van der Waals surface area contributed by atoms with Crippen LogP contribution in [0.4, 0.5) is 8.78 Å². The van der Waals surface area contributed by atoms with Crippen LogP contribution >= 0.6 is 11.6 Å². The van der Waals surface area contributed by atoms with Gasteiger partial charge in [0.1, 0.15) is 0 Å². The van der Waals surface area contributed by atoms with Crippen LogP contribution in [0.2, 0.25) is 5.02 Å². The summed E-state index contributed by atoms with van der Waals surface area (Å²) >= 11 is 6.11. The highest BCUT2D eigenvalue weighted by atomic mass is 35.5. The average Bonchev–Trinajstić information content (AvgIpc) is 3.27. The van der Waals surface area contributed by atoms with Gasteiger partial charge in [0.15, 0.2) is 0 Å². The number of benzene rings is 1. The summed E-state index contributed by atoms with van der Waals surface area (Å²) < 4.78 is 24.0. The first-order valence-corrected chi connectivity index (χ1v) is 7.48. The number of nitrogens with one attached hydrogen (secondary N) is 2. The van der Waals surface area contributed by atoms with Gasteiger partial charge in [-0.15, -0.1) is 0 Å². The molecule has 1 fully saturated rings. The molecule has 0 bridgehead atoms. The molecule has 0 aliphatic heterocycles. The van der Waals surface area contributed by atoms with E-state index in [-0.39, 0.29) is 18.4 Å². The van der Waals surface area contributed by atoms with E-state index in [9.17, 15) is 13.6 Å². The highest BCUT2D eigenvalue weighted by Crippen LogP contribution is 2.29. The molecule has 1 saturated carbocycles. The van der Waals surface area contributed by atoms with E-state index >= 15 is 0 Å². The molecule has 1 aromatic rings. The Bertz CT molecular complexity index is 493. The standard InChI is InChI=1S/C15H19ClF2N2O/c16-13-4-1-10(5-6-19-9-14(17)18)7-12(13)8-20-15(21)11-2-3-11/h1,4,7,11,14,19H,2-3,5-6,8-9H2,(H,20,21). The molecule has 1 aliphatic rings. The molecule has 0 radical (unpaired) electrons. The molecule has 0 spiro atoms. The molecule has 0 atom stereocenters. The first kappa shape index (κ1) is 16.2. The van der Waals surface area contributed by atoms with Crippen LogP contribution in [-0.2, 0) is 17.8 Å². The second kappa shape index (κ2) is 7.71. The fourth-order valence-corrected chi connectivity index (χ4v) is 2.22. The van der Waals surface area contributed by atoms with Gasteiger partial charge in [0, 0.05) is 17.5 Å². The highest BCUT2D eigenvalue weighted by Gasteiger charge is 2.29. The number of hydrogen-bond acceptors (Lipinski definition) is 2. The van der Waals surface area contributed by atoms with Crippen LogP contribution in [0.3, 0.4) is 0 Å². The Hall–Kier alpha value is -1.20. The van der Waals surface area contributed by atoms with E-state index in [2.05, 4.69) is 10.6 Å². The topological polar surface area (TPSA) is 41.1 Å². The Kier molecular flexibility index (Phi) is 5.94. The van der Waals surface area contributed by atoms with E-state index in [1.165, 1.54) is 0 Å². The van der Waals surface area contributed by atoms with Crippen molar-refractivity contribution in [2.45, 2.75) is 32.2 Å². The molecule has 0 heterocycles. The molecule has 0 saturated heterocycles. The van der Waals surface area contributed by atoms with Crippen molar-refractivity contribution in [2.24, 2.45) is 5.92 Å². The molecule has 21 heavy (non-hydrogen) atoms. The minimum Gasteiger partial charge on any atom is -0.352 e. The highest BCUT2D eigenvalue weighted by molar-refractivity contribution is 6.31. The number of amides is 1. The van der Waals surface area contributed by atoms with Crippen LogP contribution in [-0.4, -0.2) is 25.4 Å². The third kappa shape index (κ3) is 5.59. The SMILES string of the molecule is O=C(NCc1cc(CCNCC(F)F)ccc1Cl)C1CC1. The molecule has 1 aliphatic carbocycles. The summed E-state index contributed by atoms with van der Waals surface area (Å²) in [5.41, 5.74) is 1.87. The number of rotatable bonds is 8. The van der Waals surface area contributed by atoms with Crippen molar-refractivity contribution in [1.82, 2.24) is 10.6 Å². The first-order chi connectivity index (χ1) is 10.1. The van der Waals surface area contributed by atoms with Gasteiger partial charge < -0.3 is 10.6 Å². The van der Waals surface area contributed by atoms with Crippen LogP contribution in [0.15, 0.2) is 18.2 Å². The van der Waals surface area contributed by atoms with Crippen molar-refractivity contribution in [3.8, 4) is 0 Å². The first-order valence-electron chi connectivity index (χ1n) is 7.10. The molecule has 1 aromatic carbocycles. The average molecular weight is 317 g/mol. The molecular weight excluding hydrogens is 298 g/mol. The van der Waals surface area contributed by atoms with Crippen molar-refractivity contribution in [3.63, 3.8) is 0 Å². The monoisotopic (exact) mass is 316 g/mol. The van der Waals surface area contributed by atoms with Crippen LogP contribution in [0.1, 0.15) is 24.0 Å². The van der Waals surface area contributed by atoms with E-state index < -0.39 is 6.43 Å². The normalized spacial score (nSPS) is 14.5. The molecule has 2 N–H and O–H groups in total. The zero-order valence-electron chi connectivity index (χ0n) is 11.7. The van der Waals surface area contributed by atoms with Gasteiger partial charge in [0.05, 0.1) is 6.54 Å². The maximum absolute atomic E-state index is 12.0.